The Morgan fingerprint density at radius 3 is 2.52 bits per heavy atom. The lowest BCUT2D eigenvalue weighted by atomic mass is 9.87. The van der Waals surface area contributed by atoms with Crippen LogP contribution < -0.4 is 4.90 Å². The van der Waals surface area contributed by atoms with Gasteiger partial charge < -0.3 is 4.90 Å². The fraction of sp³-hybridized carbons (Fsp3) is 0.400. The molecular weight excluding hydrogens is 364 g/mol. The molecule has 0 bridgehead atoms. The number of sulfone groups is 1. The standard InChI is InChI=1S/C20H24N2O4S/c1-3-17(15-8-5-4-6-9-15)18-10-7-13-21(18)19-12-11-16(27(2,25)26)14-20(19)22(23)24/h4-6,8-9,11-12,14,17-18H,3,7,10,13H2,1-2H3/t17-,18-/m1/s1. The van der Waals surface area contributed by atoms with Gasteiger partial charge in [0.15, 0.2) is 9.84 Å². The summed E-state index contributed by atoms with van der Waals surface area (Å²) in [5.74, 6) is 0.267. The number of anilines is 1. The fourth-order valence-electron chi connectivity index (χ4n) is 4.06. The molecule has 3 rings (SSSR count). The second kappa shape index (κ2) is 7.68. The largest absolute Gasteiger partial charge is 0.362 e. The van der Waals surface area contributed by atoms with Crippen molar-refractivity contribution in [2.24, 2.45) is 0 Å². The zero-order valence-corrected chi connectivity index (χ0v) is 16.4. The molecule has 1 fully saturated rings. The summed E-state index contributed by atoms with van der Waals surface area (Å²) in [5, 5.41) is 11.7. The number of nitro benzene ring substituents is 1. The molecule has 144 valence electrons. The highest BCUT2D eigenvalue weighted by atomic mass is 32.2. The van der Waals surface area contributed by atoms with Crippen molar-refractivity contribution < 1.29 is 13.3 Å². The summed E-state index contributed by atoms with van der Waals surface area (Å²) in [6, 6.07) is 14.6. The molecule has 0 radical (unpaired) electrons. The van der Waals surface area contributed by atoms with Crippen molar-refractivity contribution in [2.45, 2.75) is 43.0 Å². The van der Waals surface area contributed by atoms with Gasteiger partial charge in [-0.25, -0.2) is 8.42 Å². The van der Waals surface area contributed by atoms with Gasteiger partial charge in [0.25, 0.3) is 5.69 Å². The number of hydrogen-bond donors (Lipinski definition) is 0. The minimum Gasteiger partial charge on any atom is -0.362 e. The molecule has 6 nitrogen and oxygen atoms in total. The first-order valence-electron chi connectivity index (χ1n) is 9.13. The smallest absolute Gasteiger partial charge is 0.293 e. The first-order chi connectivity index (χ1) is 12.8. The normalized spacial score (nSPS) is 18.4. The van der Waals surface area contributed by atoms with Crippen LogP contribution >= 0.6 is 0 Å². The molecule has 27 heavy (non-hydrogen) atoms. The van der Waals surface area contributed by atoms with Gasteiger partial charge >= 0.3 is 0 Å². The van der Waals surface area contributed by atoms with Crippen LogP contribution in [0.5, 0.6) is 0 Å². The van der Waals surface area contributed by atoms with E-state index < -0.39 is 14.8 Å². The Morgan fingerprint density at radius 2 is 1.93 bits per heavy atom. The molecule has 0 aromatic heterocycles. The lowest BCUT2D eigenvalue weighted by molar-refractivity contribution is -0.384. The highest BCUT2D eigenvalue weighted by Gasteiger charge is 2.35. The summed E-state index contributed by atoms with van der Waals surface area (Å²) in [6.07, 6.45) is 3.91. The highest BCUT2D eigenvalue weighted by molar-refractivity contribution is 7.90. The van der Waals surface area contributed by atoms with Gasteiger partial charge in [0, 0.05) is 30.8 Å². The third kappa shape index (κ3) is 3.98. The monoisotopic (exact) mass is 388 g/mol. The fourth-order valence-corrected chi connectivity index (χ4v) is 4.70. The summed E-state index contributed by atoms with van der Waals surface area (Å²) >= 11 is 0. The van der Waals surface area contributed by atoms with Gasteiger partial charge in [-0.1, -0.05) is 37.3 Å². The predicted octanol–water partition coefficient (Wildman–Crippen LogP) is 4.16. The molecular formula is C20H24N2O4S. The molecule has 0 spiro atoms. The summed E-state index contributed by atoms with van der Waals surface area (Å²) in [7, 11) is -3.50. The average Bonchev–Trinajstić information content (AvgIpc) is 3.11. The van der Waals surface area contributed by atoms with Gasteiger partial charge in [-0.05, 0) is 37.0 Å². The number of nitrogens with zero attached hydrogens (tertiary/aromatic N) is 2. The first kappa shape index (κ1) is 19.4. The Balaban J connectivity index is 2.03. The minimum atomic E-state index is -3.50. The maximum absolute atomic E-state index is 11.8. The van der Waals surface area contributed by atoms with Gasteiger partial charge in [-0.2, -0.15) is 0 Å². The maximum atomic E-state index is 11.8. The number of benzene rings is 2. The van der Waals surface area contributed by atoms with E-state index in [1.54, 1.807) is 6.07 Å². The van der Waals surface area contributed by atoms with Crippen molar-refractivity contribution in [3.05, 3.63) is 64.2 Å². The number of rotatable bonds is 6. The zero-order valence-electron chi connectivity index (χ0n) is 15.5. The van der Waals surface area contributed by atoms with Crippen LogP contribution in [-0.2, 0) is 9.84 Å². The topological polar surface area (TPSA) is 80.5 Å². The number of hydrogen-bond acceptors (Lipinski definition) is 5. The molecule has 1 heterocycles. The highest BCUT2D eigenvalue weighted by Crippen LogP contribution is 2.40. The van der Waals surface area contributed by atoms with Crippen molar-refractivity contribution in [1.29, 1.82) is 0 Å². The molecule has 1 saturated heterocycles. The molecule has 0 N–H and O–H groups in total. The molecule has 0 saturated carbocycles. The van der Waals surface area contributed by atoms with Crippen LogP contribution in [0.4, 0.5) is 11.4 Å². The van der Waals surface area contributed by atoms with Gasteiger partial charge in [0.2, 0.25) is 0 Å². The molecule has 1 aliphatic rings. The molecule has 0 unspecified atom stereocenters. The second-order valence-corrected chi connectivity index (χ2v) is 9.02. The quantitative estimate of drug-likeness (QED) is 0.548. The third-order valence-corrected chi connectivity index (χ3v) is 6.42. The van der Waals surface area contributed by atoms with E-state index in [-0.39, 0.29) is 22.5 Å². The SMILES string of the molecule is CC[C@H](c1ccccc1)[C@H]1CCCN1c1ccc(S(C)(=O)=O)cc1[N+](=O)[O-]. The van der Waals surface area contributed by atoms with E-state index in [4.69, 9.17) is 0 Å². The van der Waals surface area contributed by atoms with E-state index in [0.29, 0.717) is 5.69 Å². The van der Waals surface area contributed by atoms with Crippen LogP contribution in [0.1, 0.15) is 37.7 Å². The molecule has 2 aromatic carbocycles. The van der Waals surface area contributed by atoms with E-state index in [0.717, 1.165) is 32.1 Å². The van der Waals surface area contributed by atoms with Gasteiger partial charge in [0.05, 0.1) is 9.82 Å². The Hall–Kier alpha value is -2.41. The molecule has 0 aliphatic carbocycles. The molecule has 7 heteroatoms. The average molecular weight is 388 g/mol. The Bertz CT molecular complexity index is 928. The summed E-state index contributed by atoms with van der Waals surface area (Å²) in [6.45, 7) is 2.86. The predicted molar refractivity (Wildman–Crippen MR) is 106 cm³/mol. The number of nitro groups is 1. The van der Waals surface area contributed by atoms with Gasteiger partial charge in [-0.3, -0.25) is 10.1 Å². The third-order valence-electron chi connectivity index (χ3n) is 5.31. The van der Waals surface area contributed by atoms with E-state index in [1.165, 1.54) is 17.7 Å². The van der Waals surface area contributed by atoms with Gasteiger partial charge in [0.1, 0.15) is 5.69 Å². The lowest BCUT2D eigenvalue weighted by Gasteiger charge is -2.33. The van der Waals surface area contributed by atoms with Crippen molar-refractivity contribution in [3.8, 4) is 0 Å². The van der Waals surface area contributed by atoms with Crippen LogP contribution in [-0.4, -0.2) is 32.2 Å². The molecule has 0 amide bonds. The minimum absolute atomic E-state index is 0.0243. The van der Waals surface area contributed by atoms with Gasteiger partial charge in [-0.15, -0.1) is 0 Å². The molecule has 2 atom stereocenters. The van der Waals surface area contributed by atoms with Crippen molar-refractivity contribution in [2.75, 3.05) is 17.7 Å². The van der Waals surface area contributed by atoms with Crippen LogP contribution in [0.15, 0.2) is 53.4 Å². The van der Waals surface area contributed by atoms with Crippen LogP contribution in [0.25, 0.3) is 0 Å². The summed E-state index contributed by atoms with van der Waals surface area (Å²) in [4.78, 5) is 13.2. The van der Waals surface area contributed by atoms with Crippen molar-refractivity contribution >= 4 is 21.2 Å². The van der Waals surface area contributed by atoms with Crippen molar-refractivity contribution in [3.63, 3.8) is 0 Å². The lowest BCUT2D eigenvalue weighted by Crippen LogP contribution is -2.34. The Labute approximate surface area is 159 Å². The zero-order chi connectivity index (χ0) is 19.6. The summed E-state index contributed by atoms with van der Waals surface area (Å²) in [5.41, 5.74) is 1.59. The molecule has 1 aliphatic heterocycles. The Kier molecular flexibility index (Phi) is 5.51. The summed E-state index contributed by atoms with van der Waals surface area (Å²) < 4.78 is 23.6. The van der Waals surface area contributed by atoms with Crippen LogP contribution in [0, 0.1) is 10.1 Å². The first-order valence-corrected chi connectivity index (χ1v) is 11.0. The second-order valence-electron chi connectivity index (χ2n) is 7.01. The van der Waals surface area contributed by atoms with E-state index in [1.807, 2.05) is 18.2 Å². The Morgan fingerprint density at radius 1 is 1.22 bits per heavy atom. The van der Waals surface area contributed by atoms with E-state index >= 15 is 0 Å². The molecule has 2 aromatic rings. The van der Waals surface area contributed by atoms with E-state index in [9.17, 15) is 18.5 Å². The maximum Gasteiger partial charge on any atom is 0.293 e. The van der Waals surface area contributed by atoms with Crippen molar-refractivity contribution in [1.82, 2.24) is 0 Å². The van der Waals surface area contributed by atoms with Crippen LogP contribution in [0.2, 0.25) is 0 Å². The van der Waals surface area contributed by atoms with E-state index in [2.05, 4.69) is 24.0 Å². The van der Waals surface area contributed by atoms with Crippen LogP contribution in [0.3, 0.4) is 0 Å².